The van der Waals surface area contributed by atoms with Crippen molar-refractivity contribution in [2.45, 2.75) is 32.7 Å². The molecule has 0 aliphatic rings. The van der Waals surface area contributed by atoms with Crippen molar-refractivity contribution in [3.05, 3.63) is 24.9 Å². The number of unbranched alkanes of at least 4 members (excludes halogenated alkanes) is 2. The van der Waals surface area contributed by atoms with E-state index in [0.717, 1.165) is 18.9 Å². The number of nitrogens with one attached hydrogen (secondary N) is 1. The maximum absolute atomic E-state index is 4.26. The Kier molecular flexibility index (Phi) is 4.83. The van der Waals surface area contributed by atoms with Gasteiger partial charge in [-0.15, -0.1) is 6.58 Å². The van der Waals surface area contributed by atoms with Gasteiger partial charge in [-0.3, -0.25) is 0 Å². The molecule has 0 atom stereocenters. The number of nitrogens with zero attached hydrogens (tertiary/aromatic N) is 2. The first-order chi connectivity index (χ1) is 6.88. The molecule has 0 fully saturated rings. The Morgan fingerprint density at radius 1 is 1.57 bits per heavy atom. The van der Waals surface area contributed by atoms with Crippen LogP contribution in [0.4, 0.5) is 5.82 Å². The standard InChI is InChI=1S/C11H19N3/c1-3-5-6-10-14-11(7-9-13-14)12-8-4-2/h4,7,9,12H,2-3,5-6,8,10H2,1H3. The molecule has 0 spiro atoms. The van der Waals surface area contributed by atoms with Gasteiger partial charge in [0.25, 0.3) is 0 Å². The van der Waals surface area contributed by atoms with Gasteiger partial charge in [-0.05, 0) is 6.42 Å². The van der Waals surface area contributed by atoms with E-state index in [1.165, 1.54) is 19.3 Å². The molecule has 14 heavy (non-hydrogen) atoms. The first-order valence-electron chi connectivity index (χ1n) is 5.25. The van der Waals surface area contributed by atoms with Crippen LogP contribution in [0.5, 0.6) is 0 Å². The lowest BCUT2D eigenvalue weighted by Gasteiger charge is -2.07. The van der Waals surface area contributed by atoms with Crippen LogP contribution < -0.4 is 5.32 Å². The largest absolute Gasteiger partial charge is 0.367 e. The molecule has 0 radical (unpaired) electrons. The van der Waals surface area contributed by atoms with E-state index in [1.807, 2.05) is 23.0 Å². The summed E-state index contributed by atoms with van der Waals surface area (Å²) < 4.78 is 2.01. The van der Waals surface area contributed by atoms with E-state index in [9.17, 15) is 0 Å². The molecule has 0 unspecified atom stereocenters. The lowest BCUT2D eigenvalue weighted by molar-refractivity contribution is 0.558. The Hall–Kier alpha value is -1.25. The molecule has 3 nitrogen and oxygen atoms in total. The highest BCUT2D eigenvalue weighted by Gasteiger charge is 1.99. The third-order valence-electron chi connectivity index (χ3n) is 2.12. The molecule has 0 aliphatic heterocycles. The minimum absolute atomic E-state index is 0.791. The van der Waals surface area contributed by atoms with Crippen LogP contribution >= 0.6 is 0 Å². The minimum atomic E-state index is 0.791. The highest BCUT2D eigenvalue weighted by atomic mass is 15.3. The summed E-state index contributed by atoms with van der Waals surface area (Å²) in [6.45, 7) is 7.67. The van der Waals surface area contributed by atoms with Gasteiger partial charge in [-0.25, -0.2) is 4.68 Å². The van der Waals surface area contributed by atoms with Crippen LogP contribution in [0.3, 0.4) is 0 Å². The molecule has 0 saturated heterocycles. The topological polar surface area (TPSA) is 29.9 Å². The second-order valence-electron chi connectivity index (χ2n) is 3.32. The third-order valence-corrected chi connectivity index (χ3v) is 2.12. The monoisotopic (exact) mass is 193 g/mol. The molecule has 1 rings (SSSR count). The van der Waals surface area contributed by atoms with Crippen LogP contribution in [0.2, 0.25) is 0 Å². The van der Waals surface area contributed by atoms with E-state index in [2.05, 4.69) is 23.9 Å². The zero-order chi connectivity index (χ0) is 10.2. The molecule has 1 aromatic heterocycles. The van der Waals surface area contributed by atoms with E-state index < -0.39 is 0 Å². The Balaban J connectivity index is 2.40. The van der Waals surface area contributed by atoms with Crippen LogP contribution in [-0.4, -0.2) is 16.3 Å². The summed E-state index contributed by atoms with van der Waals surface area (Å²) >= 11 is 0. The van der Waals surface area contributed by atoms with Gasteiger partial charge in [0, 0.05) is 19.2 Å². The fourth-order valence-corrected chi connectivity index (χ4v) is 1.35. The average Bonchev–Trinajstić information content (AvgIpc) is 2.63. The molecular formula is C11H19N3. The van der Waals surface area contributed by atoms with E-state index in [1.54, 1.807) is 0 Å². The van der Waals surface area contributed by atoms with Gasteiger partial charge in [-0.2, -0.15) is 5.10 Å². The second kappa shape index (κ2) is 6.24. The maximum Gasteiger partial charge on any atom is 0.124 e. The highest BCUT2D eigenvalue weighted by Crippen LogP contribution is 2.07. The quantitative estimate of drug-likeness (QED) is 0.533. The van der Waals surface area contributed by atoms with Crippen LogP contribution in [0.25, 0.3) is 0 Å². The summed E-state index contributed by atoms with van der Waals surface area (Å²) in [6.07, 6.45) is 7.39. The lowest BCUT2D eigenvalue weighted by Crippen LogP contribution is -2.07. The SMILES string of the molecule is C=CCNc1ccnn1CCCCC. The van der Waals surface area contributed by atoms with Crippen molar-refractivity contribution in [1.29, 1.82) is 0 Å². The van der Waals surface area contributed by atoms with E-state index in [-0.39, 0.29) is 0 Å². The maximum atomic E-state index is 4.26. The molecule has 0 bridgehead atoms. The normalized spacial score (nSPS) is 10.1. The fraction of sp³-hybridized carbons (Fsp3) is 0.545. The second-order valence-corrected chi connectivity index (χ2v) is 3.32. The zero-order valence-corrected chi connectivity index (χ0v) is 8.87. The van der Waals surface area contributed by atoms with Gasteiger partial charge in [-0.1, -0.05) is 25.8 Å². The summed E-state index contributed by atoms with van der Waals surface area (Å²) in [7, 11) is 0. The molecule has 0 amide bonds. The van der Waals surface area contributed by atoms with Crippen molar-refractivity contribution >= 4 is 5.82 Å². The molecule has 3 heteroatoms. The van der Waals surface area contributed by atoms with Crippen LogP contribution in [0, 0.1) is 0 Å². The number of hydrogen-bond donors (Lipinski definition) is 1. The fourth-order valence-electron chi connectivity index (χ4n) is 1.35. The summed E-state index contributed by atoms with van der Waals surface area (Å²) in [5, 5.41) is 7.51. The van der Waals surface area contributed by atoms with E-state index in [4.69, 9.17) is 0 Å². The summed E-state index contributed by atoms with van der Waals surface area (Å²) in [5.74, 6) is 1.08. The van der Waals surface area contributed by atoms with Crippen molar-refractivity contribution in [2.75, 3.05) is 11.9 Å². The molecule has 0 aromatic carbocycles. The Morgan fingerprint density at radius 2 is 2.43 bits per heavy atom. The third kappa shape index (κ3) is 3.24. The Labute approximate surface area is 85.8 Å². The Morgan fingerprint density at radius 3 is 3.14 bits per heavy atom. The molecule has 1 N–H and O–H groups in total. The van der Waals surface area contributed by atoms with Crippen molar-refractivity contribution in [2.24, 2.45) is 0 Å². The molecule has 78 valence electrons. The number of aryl methyl sites for hydroxylation is 1. The van der Waals surface area contributed by atoms with Crippen molar-refractivity contribution < 1.29 is 0 Å². The van der Waals surface area contributed by atoms with Crippen LogP contribution in [0.15, 0.2) is 24.9 Å². The van der Waals surface area contributed by atoms with Crippen LogP contribution in [-0.2, 0) is 6.54 Å². The smallest absolute Gasteiger partial charge is 0.124 e. The van der Waals surface area contributed by atoms with Crippen molar-refractivity contribution in [1.82, 2.24) is 9.78 Å². The molecular weight excluding hydrogens is 174 g/mol. The van der Waals surface area contributed by atoms with Gasteiger partial charge >= 0.3 is 0 Å². The summed E-state index contributed by atoms with van der Waals surface area (Å²) in [4.78, 5) is 0. The van der Waals surface area contributed by atoms with Crippen molar-refractivity contribution in [3.8, 4) is 0 Å². The lowest BCUT2D eigenvalue weighted by atomic mass is 10.2. The number of anilines is 1. The predicted molar refractivity (Wildman–Crippen MR) is 60.4 cm³/mol. The zero-order valence-electron chi connectivity index (χ0n) is 8.87. The highest BCUT2D eigenvalue weighted by molar-refractivity contribution is 5.34. The average molecular weight is 193 g/mol. The summed E-state index contributed by atoms with van der Waals surface area (Å²) in [5.41, 5.74) is 0. The van der Waals surface area contributed by atoms with Gasteiger partial charge in [0.1, 0.15) is 5.82 Å². The first kappa shape index (κ1) is 10.8. The van der Waals surface area contributed by atoms with Gasteiger partial charge in [0.15, 0.2) is 0 Å². The van der Waals surface area contributed by atoms with Gasteiger partial charge in [0.05, 0.1) is 6.20 Å². The molecule has 0 saturated carbocycles. The molecule has 1 heterocycles. The Bertz CT molecular complexity index is 265. The van der Waals surface area contributed by atoms with Gasteiger partial charge in [0.2, 0.25) is 0 Å². The van der Waals surface area contributed by atoms with Gasteiger partial charge < -0.3 is 5.32 Å². The summed E-state index contributed by atoms with van der Waals surface area (Å²) in [6, 6.07) is 2.00. The molecule has 1 aromatic rings. The van der Waals surface area contributed by atoms with Crippen LogP contribution in [0.1, 0.15) is 26.2 Å². The van der Waals surface area contributed by atoms with Crippen molar-refractivity contribution in [3.63, 3.8) is 0 Å². The van der Waals surface area contributed by atoms with E-state index >= 15 is 0 Å². The predicted octanol–water partition coefficient (Wildman–Crippen LogP) is 2.67. The minimum Gasteiger partial charge on any atom is -0.367 e. The molecule has 0 aliphatic carbocycles. The van der Waals surface area contributed by atoms with E-state index in [0.29, 0.717) is 0 Å². The number of aromatic nitrogens is 2. The number of rotatable bonds is 7. The first-order valence-corrected chi connectivity index (χ1v) is 5.25. The number of hydrogen-bond acceptors (Lipinski definition) is 2.